The molecule has 1 aromatic heterocycles. The van der Waals surface area contributed by atoms with E-state index in [1.54, 1.807) is 0 Å². The number of rotatable bonds is 10. The summed E-state index contributed by atoms with van der Waals surface area (Å²) in [6, 6.07) is 37.2. The second-order valence-electron chi connectivity index (χ2n) is 9.90. The molecule has 10 nitrogen and oxygen atoms in total. The molecule has 5 aromatic carbocycles. The molecule has 0 aliphatic heterocycles. The number of hydrogen-bond donors (Lipinski definition) is 3. The molecule has 0 saturated heterocycles. The number of anilines is 5. The highest BCUT2D eigenvalue weighted by atomic mass is 15.3. The van der Waals surface area contributed by atoms with Gasteiger partial charge in [0, 0.05) is 17.9 Å². The number of aromatic nitrogens is 3. The Morgan fingerprint density at radius 1 is 0.523 bits per heavy atom. The van der Waals surface area contributed by atoms with Gasteiger partial charge in [-0.15, -0.1) is 0 Å². The van der Waals surface area contributed by atoms with E-state index in [1.165, 1.54) is 5.39 Å². The van der Waals surface area contributed by atoms with Crippen LogP contribution in [0.4, 0.5) is 52.0 Å². The van der Waals surface area contributed by atoms with Gasteiger partial charge in [0.1, 0.15) is 0 Å². The van der Waals surface area contributed by atoms with Gasteiger partial charge in [0.25, 0.3) is 0 Å². The van der Waals surface area contributed by atoms with E-state index in [2.05, 4.69) is 63.5 Å². The monoisotopic (exact) mass is 578 g/mol. The molecule has 0 saturated carbocycles. The van der Waals surface area contributed by atoms with E-state index in [4.69, 9.17) is 0 Å². The normalized spacial score (nSPS) is 11.3. The SMILES string of the molecule is CCNc1nc(Nc2ccc(N=Nc3ccc4ccccc4c3)cc2)nc(Nc2ccc(N=Nc3ccccc3)cc2C)n1. The Morgan fingerprint density at radius 2 is 1.09 bits per heavy atom. The second-order valence-corrected chi connectivity index (χ2v) is 9.90. The predicted molar refractivity (Wildman–Crippen MR) is 177 cm³/mol. The van der Waals surface area contributed by atoms with Gasteiger partial charge in [0.05, 0.1) is 22.7 Å². The molecule has 216 valence electrons. The van der Waals surface area contributed by atoms with Crippen molar-refractivity contribution >= 4 is 62.7 Å². The molecule has 44 heavy (non-hydrogen) atoms. The van der Waals surface area contributed by atoms with Gasteiger partial charge in [-0.2, -0.15) is 35.4 Å². The van der Waals surface area contributed by atoms with E-state index in [0.717, 1.165) is 45.1 Å². The lowest BCUT2D eigenvalue weighted by atomic mass is 10.1. The standard InChI is InChI=1S/C34H30N10/c1-3-35-32-38-33(36-26-15-17-28(18-16-26)42-44-30-14-13-24-9-7-8-10-25(24)22-30)40-34(39-32)37-31-20-19-29(21-23(31)2)43-41-27-11-5-4-6-12-27/h4-22H,3H2,1-2H3,(H3,35,36,37,38,39,40). The van der Waals surface area contributed by atoms with Gasteiger partial charge in [-0.1, -0.05) is 48.5 Å². The van der Waals surface area contributed by atoms with Crippen LogP contribution in [-0.4, -0.2) is 21.5 Å². The quantitative estimate of drug-likeness (QED) is 0.139. The molecule has 0 aliphatic carbocycles. The molecule has 6 rings (SSSR count). The van der Waals surface area contributed by atoms with E-state index in [-0.39, 0.29) is 0 Å². The minimum absolute atomic E-state index is 0.398. The molecule has 0 radical (unpaired) electrons. The number of fused-ring (bicyclic) bond motifs is 1. The Balaban J connectivity index is 1.15. The summed E-state index contributed by atoms with van der Waals surface area (Å²) < 4.78 is 0. The van der Waals surface area contributed by atoms with Crippen LogP contribution in [0, 0.1) is 6.92 Å². The van der Waals surface area contributed by atoms with Crippen molar-refractivity contribution in [1.82, 2.24) is 15.0 Å². The van der Waals surface area contributed by atoms with Crippen molar-refractivity contribution in [2.45, 2.75) is 13.8 Å². The Kier molecular flexibility index (Phi) is 8.50. The van der Waals surface area contributed by atoms with Gasteiger partial charge in [-0.3, -0.25) is 0 Å². The van der Waals surface area contributed by atoms with Crippen LogP contribution in [0.3, 0.4) is 0 Å². The topological polar surface area (TPSA) is 124 Å². The fourth-order valence-corrected chi connectivity index (χ4v) is 4.40. The summed E-state index contributed by atoms with van der Waals surface area (Å²) in [5.74, 6) is 1.26. The molecule has 3 N–H and O–H groups in total. The zero-order chi connectivity index (χ0) is 30.1. The summed E-state index contributed by atoms with van der Waals surface area (Å²) in [4.78, 5) is 13.7. The van der Waals surface area contributed by atoms with E-state index in [1.807, 2.05) is 117 Å². The van der Waals surface area contributed by atoms with E-state index in [0.29, 0.717) is 24.4 Å². The third kappa shape index (κ3) is 7.24. The first kappa shape index (κ1) is 28.1. The van der Waals surface area contributed by atoms with Crippen molar-refractivity contribution in [2.24, 2.45) is 20.5 Å². The molecule has 0 amide bonds. The van der Waals surface area contributed by atoms with Crippen LogP contribution < -0.4 is 16.0 Å². The largest absolute Gasteiger partial charge is 0.354 e. The molecular weight excluding hydrogens is 548 g/mol. The Bertz CT molecular complexity index is 1940. The minimum atomic E-state index is 0.398. The van der Waals surface area contributed by atoms with Gasteiger partial charge in [-0.25, -0.2) is 0 Å². The van der Waals surface area contributed by atoms with Crippen molar-refractivity contribution in [2.75, 3.05) is 22.5 Å². The molecule has 0 unspecified atom stereocenters. The fraction of sp³-hybridized carbons (Fsp3) is 0.0882. The summed E-state index contributed by atoms with van der Waals surface area (Å²) in [6.45, 7) is 4.65. The van der Waals surface area contributed by atoms with Crippen LogP contribution in [0.15, 0.2) is 136 Å². The van der Waals surface area contributed by atoms with Crippen LogP contribution >= 0.6 is 0 Å². The van der Waals surface area contributed by atoms with Gasteiger partial charge < -0.3 is 16.0 Å². The van der Waals surface area contributed by atoms with Crippen LogP contribution in [0.2, 0.25) is 0 Å². The highest BCUT2D eigenvalue weighted by Gasteiger charge is 2.09. The third-order valence-electron chi connectivity index (χ3n) is 6.60. The van der Waals surface area contributed by atoms with Crippen molar-refractivity contribution in [3.05, 3.63) is 121 Å². The number of nitrogens with zero attached hydrogens (tertiary/aromatic N) is 7. The van der Waals surface area contributed by atoms with Gasteiger partial charge in [-0.05, 0) is 96.9 Å². The molecule has 0 spiro atoms. The maximum Gasteiger partial charge on any atom is 0.233 e. The Morgan fingerprint density at radius 3 is 1.82 bits per heavy atom. The maximum atomic E-state index is 4.60. The highest BCUT2D eigenvalue weighted by molar-refractivity contribution is 5.85. The molecule has 10 heteroatoms. The van der Waals surface area contributed by atoms with Crippen molar-refractivity contribution in [3.8, 4) is 0 Å². The first-order chi connectivity index (χ1) is 21.6. The second kappa shape index (κ2) is 13.3. The lowest BCUT2D eigenvalue weighted by Gasteiger charge is -2.12. The molecule has 1 heterocycles. The van der Waals surface area contributed by atoms with Crippen LogP contribution in [0.1, 0.15) is 12.5 Å². The summed E-state index contributed by atoms with van der Waals surface area (Å²) in [5, 5.41) is 29.5. The average Bonchev–Trinajstić information content (AvgIpc) is 3.05. The third-order valence-corrected chi connectivity index (χ3v) is 6.60. The summed E-state index contributed by atoms with van der Waals surface area (Å²) in [6.07, 6.45) is 0. The number of azo groups is 2. The summed E-state index contributed by atoms with van der Waals surface area (Å²) in [5.41, 5.74) is 5.72. The number of nitrogens with one attached hydrogen (secondary N) is 3. The Labute approximate surface area is 255 Å². The molecule has 0 aliphatic rings. The van der Waals surface area contributed by atoms with Crippen molar-refractivity contribution in [1.29, 1.82) is 0 Å². The number of aryl methyl sites for hydroxylation is 1. The zero-order valence-corrected chi connectivity index (χ0v) is 24.3. The van der Waals surface area contributed by atoms with E-state index < -0.39 is 0 Å². The number of hydrogen-bond acceptors (Lipinski definition) is 10. The molecule has 0 atom stereocenters. The van der Waals surface area contributed by atoms with Crippen molar-refractivity contribution in [3.63, 3.8) is 0 Å². The van der Waals surface area contributed by atoms with Gasteiger partial charge in [0.2, 0.25) is 17.8 Å². The van der Waals surface area contributed by atoms with Gasteiger partial charge in [0.15, 0.2) is 0 Å². The summed E-state index contributed by atoms with van der Waals surface area (Å²) >= 11 is 0. The molecule has 0 bridgehead atoms. The molecule has 0 fully saturated rings. The first-order valence-corrected chi connectivity index (χ1v) is 14.2. The average molecular weight is 579 g/mol. The van der Waals surface area contributed by atoms with Gasteiger partial charge >= 0.3 is 0 Å². The van der Waals surface area contributed by atoms with Crippen LogP contribution in [0.5, 0.6) is 0 Å². The minimum Gasteiger partial charge on any atom is -0.354 e. The van der Waals surface area contributed by atoms with Crippen LogP contribution in [-0.2, 0) is 0 Å². The Hall–Kier alpha value is -6.03. The van der Waals surface area contributed by atoms with E-state index >= 15 is 0 Å². The smallest absolute Gasteiger partial charge is 0.233 e. The number of benzene rings is 5. The van der Waals surface area contributed by atoms with Crippen molar-refractivity contribution < 1.29 is 0 Å². The molecular formula is C34H30N10. The highest BCUT2D eigenvalue weighted by Crippen LogP contribution is 2.28. The zero-order valence-electron chi connectivity index (χ0n) is 24.3. The predicted octanol–water partition coefficient (Wildman–Crippen LogP) is 10.1. The lowest BCUT2D eigenvalue weighted by molar-refractivity contribution is 1.03. The fourth-order valence-electron chi connectivity index (χ4n) is 4.40. The maximum absolute atomic E-state index is 4.60. The molecule has 6 aromatic rings. The van der Waals surface area contributed by atoms with Crippen LogP contribution in [0.25, 0.3) is 10.8 Å². The van der Waals surface area contributed by atoms with E-state index in [9.17, 15) is 0 Å². The first-order valence-electron chi connectivity index (χ1n) is 14.2. The summed E-state index contributed by atoms with van der Waals surface area (Å²) in [7, 11) is 0. The lowest BCUT2D eigenvalue weighted by Crippen LogP contribution is -2.09.